The van der Waals surface area contributed by atoms with Gasteiger partial charge >= 0.3 is 0 Å². The lowest BCUT2D eigenvalue weighted by atomic mass is 10.1. The van der Waals surface area contributed by atoms with Crippen molar-refractivity contribution in [2.45, 2.75) is 28.6 Å². The van der Waals surface area contributed by atoms with Crippen LogP contribution >= 0.6 is 45.2 Å². The maximum absolute atomic E-state index is 2.51. The van der Waals surface area contributed by atoms with Gasteiger partial charge in [-0.1, -0.05) is 66.0 Å². The van der Waals surface area contributed by atoms with Gasteiger partial charge in [0.2, 0.25) is 0 Å². The second-order valence-electron chi connectivity index (χ2n) is 2.37. The average molecular weight is 338 g/mol. The predicted molar refractivity (Wildman–Crippen MR) is 56.1 cm³/mol. The van der Waals surface area contributed by atoms with E-state index in [9.17, 15) is 0 Å². The largest absolute Gasteiger partial charge is 0.0818 e. The van der Waals surface area contributed by atoms with Crippen molar-refractivity contribution in [1.82, 2.24) is 0 Å². The van der Waals surface area contributed by atoms with Crippen molar-refractivity contribution < 1.29 is 0 Å². The standard InChI is InChI=1S/C6H12I2/c1-4(2)6(8)5(3)7/h4-6H,1-3H3. The second-order valence-corrected chi connectivity index (χ2v) is 5.77. The van der Waals surface area contributed by atoms with E-state index in [4.69, 9.17) is 0 Å². The lowest BCUT2D eigenvalue weighted by Gasteiger charge is -2.15. The lowest BCUT2D eigenvalue weighted by Crippen LogP contribution is -2.15. The number of hydrogen-bond acceptors (Lipinski definition) is 0. The normalized spacial score (nSPS) is 18.8. The molecule has 0 aromatic carbocycles. The topological polar surface area (TPSA) is 0 Å². The van der Waals surface area contributed by atoms with E-state index in [1.54, 1.807) is 0 Å². The summed E-state index contributed by atoms with van der Waals surface area (Å²) in [6, 6.07) is 0. The van der Waals surface area contributed by atoms with Crippen molar-refractivity contribution >= 4 is 45.2 Å². The molecule has 0 nitrogen and oxygen atoms in total. The molecule has 0 bridgehead atoms. The molecular weight excluding hydrogens is 326 g/mol. The van der Waals surface area contributed by atoms with E-state index in [2.05, 4.69) is 66.0 Å². The fourth-order valence-corrected chi connectivity index (χ4v) is 1.36. The van der Waals surface area contributed by atoms with Crippen molar-refractivity contribution in [2.75, 3.05) is 0 Å². The zero-order valence-electron chi connectivity index (χ0n) is 5.49. The molecule has 0 rings (SSSR count). The smallest absolute Gasteiger partial charge is 0.0248 e. The Morgan fingerprint density at radius 1 is 1.00 bits per heavy atom. The minimum Gasteiger partial charge on any atom is -0.0818 e. The second kappa shape index (κ2) is 4.30. The SMILES string of the molecule is CC(C)C(I)C(C)I. The first-order valence-corrected chi connectivity index (χ1v) is 5.33. The molecule has 2 atom stereocenters. The molecule has 0 aliphatic rings. The third-order valence-electron chi connectivity index (χ3n) is 1.08. The van der Waals surface area contributed by atoms with E-state index in [0.29, 0.717) is 0 Å². The molecule has 0 amide bonds. The Labute approximate surface area is 79.1 Å². The minimum atomic E-state index is 0.799. The summed E-state index contributed by atoms with van der Waals surface area (Å²) in [7, 11) is 0. The highest BCUT2D eigenvalue weighted by molar-refractivity contribution is 14.1. The van der Waals surface area contributed by atoms with Crippen LogP contribution in [-0.2, 0) is 0 Å². The van der Waals surface area contributed by atoms with Crippen molar-refractivity contribution in [3.63, 3.8) is 0 Å². The Morgan fingerprint density at radius 3 is 1.38 bits per heavy atom. The van der Waals surface area contributed by atoms with Gasteiger partial charge in [-0.15, -0.1) is 0 Å². The van der Waals surface area contributed by atoms with Gasteiger partial charge in [-0.05, 0) is 5.92 Å². The quantitative estimate of drug-likeness (QED) is 0.536. The highest BCUT2D eigenvalue weighted by atomic mass is 127. The maximum Gasteiger partial charge on any atom is 0.0248 e. The maximum atomic E-state index is 2.51. The van der Waals surface area contributed by atoms with E-state index >= 15 is 0 Å². The zero-order chi connectivity index (χ0) is 6.73. The van der Waals surface area contributed by atoms with Gasteiger partial charge in [-0.25, -0.2) is 0 Å². The first-order valence-electron chi connectivity index (χ1n) is 2.84. The molecule has 0 heterocycles. The molecule has 8 heavy (non-hydrogen) atoms. The highest BCUT2D eigenvalue weighted by Crippen LogP contribution is 2.21. The molecular formula is C6H12I2. The summed E-state index contributed by atoms with van der Waals surface area (Å²) in [6.07, 6.45) is 0. The van der Waals surface area contributed by atoms with Crippen LogP contribution in [-0.4, -0.2) is 7.85 Å². The van der Waals surface area contributed by atoms with Gasteiger partial charge < -0.3 is 0 Å². The number of hydrogen-bond donors (Lipinski definition) is 0. The van der Waals surface area contributed by atoms with Gasteiger partial charge in [-0.3, -0.25) is 0 Å². The molecule has 0 saturated carbocycles. The summed E-state index contributed by atoms with van der Waals surface area (Å²) in [5, 5.41) is 0. The number of rotatable bonds is 2. The van der Waals surface area contributed by atoms with Crippen LogP contribution in [0.1, 0.15) is 20.8 Å². The highest BCUT2D eigenvalue weighted by Gasteiger charge is 2.13. The van der Waals surface area contributed by atoms with Crippen molar-refractivity contribution in [2.24, 2.45) is 5.92 Å². The third-order valence-corrected chi connectivity index (χ3v) is 5.74. The van der Waals surface area contributed by atoms with E-state index in [1.165, 1.54) is 0 Å². The molecule has 0 radical (unpaired) electrons. The van der Waals surface area contributed by atoms with Gasteiger partial charge in [0.15, 0.2) is 0 Å². The van der Waals surface area contributed by atoms with Crippen LogP contribution in [0.2, 0.25) is 0 Å². The lowest BCUT2D eigenvalue weighted by molar-refractivity contribution is 0.630. The first kappa shape index (κ1) is 9.46. The summed E-state index contributed by atoms with van der Waals surface area (Å²) in [5.74, 6) is 0.822. The van der Waals surface area contributed by atoms with Crippen molar-refractivity contribution in [1.29, 1.82) is 0 Å². The van der Waals surface area contributed by atoms with Crippen LogP contribution in [0.5, 0.6) is 0 Å². The van der Waals surface area contributed by atoms with E-state index in [0.717, 1.165) is 13.8 Å². The molecule has 0 aromatic heterocycles. The van der Waals surface area contributed by atoms with Gasteiger partial charge in [0.25, 0.3) is 0 Å². The Kier molecular flexibility index (Phi) is 5.09. The van der Waals surface area contributed by atoms with Crippen LogP contribution in [0.15, 0.2) is 0 Å². The van der Waals surface area contributed by atoms with Gasteiger partial charge in [0.1, 0.15) is 0 Å². The van der Waals surface area contributed by atoms with Crippen LogP contribution < -0.4 is 0 Å². The third kappa shape index (κ3) is 3.48. The Bertz CT molecular complexity index is 51.5. The molecule has 2 unspecified atom stereocenters. The summed E-state index contributed by atoms with van der Waals surface area (Å²) in [5.41, 5.74) is 0. The van der Waals surface area contributed by atoms with E-state index < -0.39 is 0 Å². The van der Waals surface area contributed by atoms with Gasteiger partial charge in [-0.2, -0.15) is 0 Å². The van der Waals surface area contributed by atoms with Crippen molar-refractivity contribution in [3.8, 4) is 0 Å². The van der Waals surface area contributed by atoms with E-state index in [1.807, 2.05) is 0 Å². The predicted octanol–water partition coefficient (Wildman–Crippen LogP) is 3.27. The Hall–Kier alpha value is 1.46. The zero-order valence-corrected chi connectivity index (χ0v) is 9.80. The number of halogens is 2. The van der Waals surface area contributed by atoms with Gasteiger partial charge in [0.05, 0.1) is 0 Å². The van der Waals surface area contributed by atoms with Crippen molar-refractivity contribution in [3.05, 3.63) is 0 Å². The average Bonchev–Trinajstić information content (AvgIpc) is 1.64. The number of alkyl halides is 2. The molecule has 2 heteroatoms. The molecule has 0 aromatic rings. The molecule has 50 valence electrons. The van der Waals surface area contributed by atoms with E-state index in [-0.39, 0.29) is 0 Å². The molecule has 0 fully saturated rings. The summed E-state index contributed by atoms with van der Waals surface area (Å²) >= 11 is 4.99. The fraction of sp³-hybridized carbons (Fsp3) is 1.00. The first-order chi connectivity index (χ1) is 3.55. The molecule has 0 saturated heterocycles. The summed E-state index contributed by atoms with van der Waals surface area (Å²) < 4.78 is 1.63. The molecule has 0 spiro atoms. The summed E-state index contributed by atoms with van der Waals surface area (Å²) in [4.78, 5) is 0. The minimum absolute atomic E-state index is 0.799. The van der Waals surface area contributed by atoms with Crippen LogP contribution in [0.3, 0.4) is 0 Å². The van der Waals surface area contributed by atoms with Crippen LogP contribution in [0, 0.1) is 5.92 Å². The van der Waals surface area contributed by atoms with Crippen LogP contribution in [0.25, 0.3) is 0 Å². The fourth-order valence-electron chi connectivity index (χ4n) is 0.530. The molecule has 0 aliphatic heterocycles. The molecule has 0 N–H and O–H groups in total. The Morgan fingerprint density at radius 2 is 1.38 bits per heavy atom. The Balaban J connectivity index is 3.46. The summed E-state index contributed by atoms with van der Waals surface area (Å²) in [6.45, 7) is 6.80. The monoisotopic (exact) mass is 338 g/mol. The van der Waals surface area contributed by atoms with Crippen LogP contribution in [0.4, 0.5) is 0 Å². The molecule has 0 aliphatic carbocycles. The van der Waals surface area contributed by atoms with Gasteiger partial charge in [0, 0.05) is 7.85 Å².